The van der Waals surface area contributed by atoms with E-state index in [1.165, 1.54) is 0 Å². The maximum Gasteiger partial charge on any atom is 0.246 e. The van der Waals surface area contributed by atoms with Crippen molar-refractivity contribution in [1.82, 2.24) is 9.80 Å². The molecular formula is C18H26N2O3. The van der Waals surface area contributed by atoms with Crippen LogP contribution in [0.4, 0.5) is 0 Å². The fraction of sp³-hybridized carbons (Fsp3) is 0.500. The minimum atomic E-state index is 0.0601. The second-order valence-corrected chi connectivity index (χ2v) is 5.53. The molecule has 1 aromatic carbocycles. The van der Waals surface area contributed by atoms with Crippen LogP contribution in [0.5, 0.6) is 11.5 Å². The Balaban J connectivity index is 2.03. The molecule has 0 radical (unpaired) electrons. The third-order valence-corrected chi connectivity index (χ3v) is 3.80. The molecule has 5 heteroatoms. The highest BCUT2D eigenvalue weighted by Gasteiger charge is 2.16. The number of piperazine rings is 1. The van der Waals surface area contributed by atoms with E-state index in [-0.39, 0.29) is 5.91 Å². The van der Waals surface area contributed by atoms with E-state index in [1.807, 2.05) is 43.0 Å². The molecule has 0 unspecified atom stereocenters. The summed E-state index contributed by atoms with van der Waals surface area (Å²) in [6.07, 6.45) is 3.47. The Hall–Kier alpha value is -2.01. The lowest BCUT2D eigenvalue weighted by molar-refractivity contribution is -0.127. The van der Waals surface area contributed by atoms with Crippen LogP contribution in [0.3, 0.4) is 0 Å². The lowest BCUT2D eigenvalue weighted by Gasteiger charge is -2.31. The molecule has 1 aliphatic heterocycles. The summed E-state index contributed by atoms with van der Waals surface area (Å²) in [5, 5.41) is 0. The van der Waals surface area contributed by atoms with Crippen molar-refractivity contribution in [2.45, 2.75) is 13.8 Å². The molecule has 1 heterocycles. The van der Waals surface area contributed by atoms with E-state index in [2.05, 4.69) is 11.9 Å². The van der Waals surface area contributed by atoms with Gasteiger partial charge < -0.3 is 19.3 Å². The van der Waals surface area contributed by atoms with Gasteiger partial charge in [0.05, 0.1) is 13.2 Å². The van der Waals surface area contributed by atoms with Gasteiger partial charge in [-0.1, -0.05) is 6.07 Å². The fourth-order valence-electron chi connectivity index (χ4n) is 2.47. The van der Waals surface area contributed by atoms with Gasteiger partial charge in [0.25, 0.3) is 0 Å². The quantitative estimate of drug-likeness (QED) is 0.755. The molecule has 1 aromatic rings. The van der Waals surface area contributed by atoms with Gasteiger partial charge in [-0.25, -0.2) is 0 Å². The summed E-state index contributed by atoms with van der Waals surface area (Å²) in [6, 6.07) is 5.72. The zero-order valence-corrected chi connectivity index (χ0v) is 14.2. The van der Waals surface area contributed by atoms with Crippen molar-refractivity contribution >= 4 is 12.0 Å². The number of carbonyl (C=O) groups is 1. The summed E-state index contributed by atoms with van der Waals surface area (Å²) < 4.78 is 11.2. The normalized spacial score (nSPS) is 15.9. The third kappa shape index (κ3) is 4.99. The molecule has 1 fully saturated rings. The standard InChI is InChI=1S/C18H26N2O3/c1-4-22-16-8-6-15(14-17(16)23-5-2)7-9-18(21)20-12-10-19(3)11-13-20/h6-9,14H,4-5,10-13H2,1-3H3. The summed E-state index contributed by atoms with van der Waals surface area (Å²) in [5.74, 6) is 1.50. The Morgan fingerprint density at radius 2 is 1.74 bits per heavy atom. The maximum absolute atomic E-state index is 12.2. The molecule has 1 amide bonds. The van der Waals surface area contributed by atoms with Gasteiger partial charge in [-0.2, -0.15) is 0 Å². The Bertz CT molecular complexity index is 549. The zero-order valence-electron chi connectivity index (χ0n) is 14.2. The Labute approximate surface area is 138 Å². The molecule has 2 rings (SSSR count). The third-order valence-electron chi connectivity index (χ3n) is 3.80. The first-order valence-electron chi connectivity index (χ1n) is 8.19. The molecule has 5 nitrogen and oxygen atoms in total. The number of likely N-dealkylation sites (N-methyl/N-ethyl adjacent to an activating group) is 1. The second kappa shape index (κ2) is 8.58. The van der Waals surface area contributed by atoms with Gasteiger partial charge >= 0.3 is 0 Å². The van der Waals surface area contributed by atoms with E-state index in [9.17, 15) is 4.79 Å². The second-order valence-electron chi connectivity index (χ2n) is 5.53. The first-order chi connectivity index (χ1) is 11.1. The topological polar surface area (TPSA) is 42.0 Å². The lowest BCUT2D eigenvalue weighted by atomic mass is 10.2. The molecule has 0 spiro atoms. The molecule has 23 heavy (non-hydrogen) atoms. The average Bonchev–Trinajstić information content (AvgIpc) is 2.56. The van der Waals surface area contributed by atoms with E-state index in [4.69, 9.17) is 9.47 Å². The highest BCUT2D eigenvalue weighted by molar-refractivity contribution is 5.92. The van der Waals surface area contributed by atoms with Crippen LogP contribution in [0, 0.1) is 0 Å². The van der Waals surface area contributed by atoms with E-state index in [0.29, 0.717) is 19.0 Å². The molecule has 0 atom stereocenters. The van der Waals surface area contributed by atoms with Crippen LogP contribution < -0.4 is 9.47 Å². The molecule has 126 valence electrons. The summed E-state index contributed by atoms with van der Waals surface area (Å²) in [5.41, 5.74) is 0.930. The first kappa shape index (κ1) is 17.3. The maximum atomic E-state index is 12.2. The first-order valence-corrected chi connectivity index (χ1v) is 8.19. The highest BCUT2D eigenvalue weighted by atomic mass is 16.5. The number of nitrogens with zero attached hydrogens (tertiary/aromatic N) is 2. The molecule has 1 saturated heterocycles. The van der Waals surface area contributed by atoms with Gasteiger partial charge in [0, 0.05) is 32.3 Å². The van der Waals surface area contributed by atoms with Gasteiger partial charge in [-0.3, -0.25) is 4.79 Å². The van der Waals surface area contributed by atoms with E-state index >= 15 is 0 Å². The van der Waals surface area contributed by atoms with Gasteiger partial charge in [0.2, 0.25) is 5.91 Å². The minimum Gasteiger partial charge on any atom is -0.490 e. The van der Waals surface area contributed by atoms with E-state index in [0.717, 1.165) is 37.5 Å². The van der Waals surface area contributed by atoms with Gasteiger partial charge in [-0.05, 0) is 44.7 Å². The van der Waals surface area contributed by atoms with Gasteiger partial charge in [-0.15, -0.1) is 0 Å². The number of hydrogen-bond donors (Lipinski definition) is 0. The molecule has 0 N–H and O–H groups in total. The molecule has 0 aromatic heterocycles. The SMILES string of the molecule is CCOc1ccc(C=CC(=O)N2CCN(C)CC2)cc1OCC. The molecule has 0 aliphatic carbocycles. The predicted molar refractivity (Wildman–Crippen MR) is 91.9 cm³/mol. The molecule has 0 saturated carbocycles. The highest BCUT2D eigenvalue weighted by Crippen LogP contribution is 2.29. The smallest absolute Gasteiger partial charge is 0.246 e. The van der Waals surface area contributed by atoms with Crippen molar-refractivity contribution in [3.05, 3.63) is 29.8 Å². The number of amides is 1. The van der Waals surface area contributed by atoms with E-state index in [1.54, 1.807) is 6.08 Å². The molecule has 1 aliphatic rings. The number of ether oxygens (including phenoxy) is 2. The van der Waals surface area contributed by atoms with E-state index < -0.39 is 0 Å². The largest absolute Gasteiger partial charge is 0.490 e. The van der Waals surface area contributed by atoms with Crippen molar-refractivity contribution in [3.63, 3.8) is 0 Å². The van der Waals surface area contributed by atoms with Crippen molar-refractivity contribution in [3.8, 4) is 11.5 Å². The van der Waals surface area contributed by atoms with Crippen LogP contribution in [0.2, 0.25) is 0 Å². The van der Waals surface area contributed by atoms with Crippen molar-refractivity contribution < 1.29 is 14.3 Å². The number of carbonyl (C=O) groups excluding carboxylic acids is 1. The average molecular weight is 318 g/mol. The summed E-state index contributed by atoms with van der Waals surface area (Å²) in [7, 11) is 2.08. The van der Waals surface area contributed by atoms with Gasteiger partial charge in [0.1, 0.15) is 0 Å². The predicted octanol–water partition coefficient (Wildman–Crippen LogP) is 2.27. The number of hydrogen-bond acceptors (Lipinski definition) is 4. The summed E-state index contributed by atoms with van der Waals surface area (Å²) >= 11 is 0. The lowest BCUT2D eigenvalue weighted by Crippen LogP contribution is -2.46. The Morgan fingerprint density at radius 3 is 2.39 bits per heavy atom. The minimum absolute atomic E-state index is 0.0601. The Kier molecular flexibility index (Phi) is 6.47. The summed E-state index contributed by atoms with van der Waals surface area (Å²) in [4.78, 5) is 16.3. The van der Waals surface area contributed by atoms with Crippen LogP contribution in [0.25, 0.3) is 6.08 Å². The van der Waals surface area contributed by atoms with Crippen LogP contribution in [0.1, 0.15) is 19.4 Å². The van der Waals surface area contributed by atoms with Crippen LogP contribution >= 0.6 is 0 Å². The monoisotopic (exact) mass is 318 g/mol. The van der Waals surface area contributed by atoms with Crippen LogP contribution in [0.15, 0.2) is 24.3 Å². The number of benzene rings is 1. The summed E-state index contributed by atoms with van der Waals surface area (Å²) in [6.45, 7) is 8.48. The molecule has 0 bridgehead atoms. The zero-order chi connectivity index (χ0) is 16.7. The molecular weight excluding hydrogens is 292 g/mol. The van der Waals surface area contributed by atoms with Crippen molar-refractivity contribution in [2.24, 2.45) is 0 Å². The van der Waals surface area contributed by atoms with Gasteiger partial charge in [0.15, 0.2) is 11.5 Å². The Morgan fingerprint density at radius 1 is 1.09 bits per heavy atom. The van der Waals surface area contributed by atoms with Crippen LogP contribution in [-0.2, 0) is 4.79 Å². The fourth-order valence-corrected chi connectivity index (χ4v) is 2.47. The van der Waals surface area contributed by atoms with Crippen molar-refractivity contribution in [1.29, 1.82) is 0 Å². The van der Waals surface area contributed by atoms with Crippen molar-refractivity contribution in [2.75, 3.05) is 46.4 Å². The number of rotatable bonds is 6. The van der Waals surface area contributed by atoms with Crippen LogP contribution in [-0.4, -0.2) is 62.1 Å².